The lowest BCUT2D eigenvalue weighted by atomic mass is 10.1. The van der Waals surface area contributed by atoms with Crippen LogP contribution in [0.2, 0.25) is 0 Å². The zero-order chi connectivity index (χ0) is 16.9. The molecule has 0 N–H and O–H groups in total. The number of hydrogen-bond donors (Lipinski definition) is 0. The summed E-state index contributed by atoms with van der Waals surface area (Å²) >= 11 is 0. The van der Waals surface area contributed by atoms with Gasteiger partial charge in [-0.05, 0) is 19.1 Å². The highest BCUT2D eigenvalue weighted by Crippen LogP contribution is 2.25. The largest absolute Gasteiger partial charge is 0.332 e. The third-order valence-corrected chi connectivity index (χ3v) is 4.01. The van der Waals surface area contributed by atoms with Crippen LogP contribution < -0.4 is 11.2 Å². The predicted octanol–water partition coefficient (Wildman–Crippen LogP) is 1.32. The van der Waals surface area contributed by atoms with Gasteiger partial charge in [0.05, 0.1) is 12.4 Å². The summed E-state index contributed by atoms with van der Waals surface area (Å²) in [7, 11) is 2.82. The van der Waals surface area contributed by atoms with Crippen LogP contribution in [0.4, 0.5) is 8.78 Å². The normalized spacial score (nSPS) is 12.7. The Balaban J connectivity index is 2.34. The van der Waals surface area contributed by atoms with E-state index in [2.05, 4.69) is 4.98 Å². The molecule has 0 radical (unpaired) electrons. The Morgan fingerprint density at radius 3 is 2.30 bits per heavy atom. The highest BCUT2D eigenvalue weighted by atomic mass is 19.1. The fourth-order valence-electron chi connectivity index (χ4n) is 2.71. The van der Waals surface area contributed by atoms with Gasteiger partial charge in [-0.15, -0.1) is 0 Å². The average molecular weight is 320 g/mol. The highest BCUT2D eigenvalue weighted by Gasteiger charge is 2.22. The van der Waals surface area contributed by atoms with Crippen molar-refractivity contribution < 1.29 is 8.78 Å². The van der Waals surface area contributed by atoms with Gasteiger partial charge in [0.1, 0.15) is 11.6 Å². The minimum atomic E-state index is -0.800. The van der Waals surface area contributed by atoms with E-state index in [-0.39, 0.29) is 16.7 Å². The van der Waals surface area contributed by atoms with Crippen molar-refractivity contribution in [2.45, 2.75) is 13.0 Å². The molecule has 0 saturated heterocycles. The Bertz CT molecular complexity index is 1010. The first kappa shape index (κ1) is 15.1. The Labute approximate surface area is 129 Å². The molecule has 0 aliphatic heterocycles. The summed E-state index contributed by atoms with van der Waals surface area (Å²) in [6.07, 6.45) is 1.31. The highest BCUT2D eigenvalue weighted by molar-refractivity contribution is 5.70. The molecule has 8 heteroatoms. The third-order valence-electron chi connectivity index (χ3n) is 4.01. The van der Waals surface area contributed by atoms with Crippen molar-refractivity contribution in [1.29, 1.82) is 0 Å². The summed E-state index contributed by atoms with van der Waals surface area (Å²) in [5.41, 5.74) is -0.962. The fraction of sp³-hybridized carbons (Fsp3) is 0.267. The molecule has 2 aromatic heterocycles. The fourth-order valence-corrected chi connectivity index (χ4v) is 2.71. The van der Waals surface area contributed by atoms with Gasteiger partial charge in [0, 0.05) is 19.7 Å². The number of nitrogens with zero attached hydrogens (tertiary/aromatic N) is 4. The third kappa shape index (κ3) is 2.09. The Morgan fingerprint density at radius 2 is 1.70 bits per heavy atom. The molecule has 1 atom stereocenters. The van der Waals surface area contributed by atoms with E-state index in [4.69, 9.17) is 0 Å². The van der Waals surface area contributed by atoms with Crippen LogP contribution in [0.3, 0.4) is 0 Å². The van der Waals surface area contributed by atoms with Crippen LogP contribution in [0.25, 0.3) is 11.2 Å². The van der Waals surface area contributed by atoms with Crippen molar-refractivity contribution in [3.05, 3.63) is 62.6 Å². The standard InChI is InChI=1S/C15H14F2N4O2/c1-8(11-9(16)5-4-6-10(11)17)21-7-18-13-12(21)14(22)20(3)15(23)19(13)2/h4-8H,1-3H3/t8-/m1/s1. The van der Waals surface area contributed by atoms with Gasteiger partial charge in [0.15, 0.2) is 11.2 Å². The molecule has 0 amide bonds. The second-order valence-corrected chi connectivity index (χ2v) is 5.34. The van der Waals surface area contributed by atoms with Crippen LogP contribution in [0.15, 0.2) is 34.1 Å². The Hall–Kier alpha value is -2.77. The van der Waals surface area contributed by atoms with Crippen molar-refractivity contribution in [2.75, 3.05) is 0 Å². The minimum absolute atomic E-state index is 0.116. The Kier molecular flexibility index (Phi) is 3.39. The van der Waals surface area contributed by atoms with E-state index in [9.17, 15) is 18.4 Å². The van der Waals surface area contributed by atoms with E-state index in [1.165, 1.54) is 35.6 Å². The number of halogens is 2. The predicted molar refractivity (Wildman–Crippen MR) is 80.4 cm³/mol. The zero-order valence-electron chi connectivity index (χ0n) is 12.7. The molecular weight excluding hydrogens is 306 g/mol. The van der Waals surface area contributed by atoms with Gasteiger partial charge in [-0.3, -0.25) is 13.9 Å². The summed E-state index contributed by atoms with van der Waals surface area (Å²) in [4.78, 5) is 28.4. The number of benzene rings is 1. The van der Waals surface area contributed by atoms with Crippen molar-refractivity contribution in [1.82, 2.24) is 18.7 Å². The lowest BCUT2D eigenvalue weighted by molar-refractivity contribution is 0.510. The van der Waals surface area contributed by atoms with E-state index in [0.29, 0.717) is 0 Å². The van der Waals surface area contributed by atoms with Crippen molar-refractivity contribution in [3.8, 4) is 0 Å². The molecule has 0 aliphatic carbocycles. The summed E-state index contributed by atoms with van der Waals surface area (Å²) in [6.45, 7) is 1.56. The molecule has 0 fully saturated rings. The summed E-state index contributed by atoms with van der Waals surface area (Å²) < 4.78 is 31.5. The quantitative estimate of drug-likeness (QED) is 0.715. The van der Waals surface area contributed by atoms with Crippen LogP contribution in [-0.4, -0.2) is 18.7 Å². The SMILES string of the molecule is C[C@H](c1c(F)cccc1F)n1cnc2c1c(=O)n(C)c(=O)n2C. The molecule has 0 unspecified atom stereocenters. The smallest absolute Gasteiger partial charge is 0.317 e. The van der Waals surface area contributed by atoms with Crippen molar-refractivity contribution in [3.63, 3.8) is 0 Å². The molecule has 0 bridgehead atoms. The van der Waals surface area contributed by atoms with E-state index in [1.807, 2.05) is 0 Å². The molecule has 3 aromatic rings. The summed E-state index contributed by atoms with van der Waals surface area (Å²) in [5.74, 6) is -1.41. The molecule has 3 rings (SSSR count). The first-order chi connectivity index (χ1) is 10.8. The van der Waals surface area contributed by atoms with E-state index in [1.54, 1.807) is 6.92 Å². The van der Waals surface area contributed by atoms with Gasteiger partial charge >= 0.3 is 5.69 Å². The van der Waals surface area contributed by atoms with Crippen LogP contribution in [0, 0.1) is 11.6 Å². The molecule has 23 heavy (non-hydrogen) atoms. The monoisotopic (exact) mass is 320 g/mol. The summed E-state index contributed by atoms with van der Waals surface area (Å²) in [6, 6.07) is 2.78. The lowest BCUT2D eigenvalue weighted by Gasteiger charge is -2.16. The molecular formula is C15H14F2N4O2. The zero-order valence-corrected chi connectivity index (χ0v) is 12.7. The van der Waals surface area contributed by atoms with Crippen LogP contribution >= 0.6 is 0 Å². The summed E-state index contributed by atoms with van der Waals surface area (Å²) in [5, 5.41) is 0. The van der Waals surface area contributed by atoms with Crippen LogP contribution in [0.1, 0.15) is 18.5 Å². The van der Waals surface area contributed by atoms with Gasteiger partial charge in [0.25, 0.3) is 5.56 Å². The average Bonchev–Trinajstić information content (AvgIpc) is 2.95. The molecule has 0 spiro atoms. The molecule has 120 valence electrons. The molecule has 2 heterocycles. The van der Waals surface area contributed by atoms with Gasteiger partial charge < -0.3 is 4.57 Å². The van der Waals surface area contributed by atoms with Gasteiger partial charge in [-0.25, -0.2) is 18.6 Å². The number of aryl methyl sites for hydroxylation is 1. The number of fused-ring (bicyclic) bond motifs is 1. The number of rotatable bonds is 2. The molecule has 6 nitrogen and oxygen atoms in total. The molecule has 0 aliphatic rings. The topological polar surface area (TPSA) is 61.8 Å². The van der Waals surface area contributed by atoms with E-state index >= 15 is 0 Å². The number of hydrogen-bond acceptors (Lipinski definition) is 3. The lowest BCUT2D eigenvalue weighted by Crippen LogP contribution is -2.37. The van der Waals surface area contributed by atoms with Crippen LogP contribution in [-0.2, 0) is 14.1 Å². The first-order valence-electron chi connectivity index (χ1n) is 6.91. The Morgan fingerprint density at radius 1 is 1.09 bits per heavy atom. The second kappa shape index (κ2) is 5.15. The minimum Gasteiger partial charge on any atom is -0.317 e. The van der Waals surface area contributed by atoms with Gasteiger partial charge in [-0.2, -0.15) is 0 Å². The number of imidazole rings is 1. The van der Waals surface area contributed by atoms with E-state index in [0.717, 1.165) is 16.7 Å². The maximum atomic E-state index is 14.0. The maximum absolute atomic E-state index is 14.0. The van der Waals surface area contributed by atoms with E-state index < -0.39 is 28.9 Å². The van der Waals surface area contributed by atoms with Crippen molar-refractivity contribution in [2.24, 2.45) is 14.1 Å². The molecule has 0 saturated carbocycles. The van der Waals surface area contributed by atoms with Gasteiger partial charge in [-0.1, -0.05) is 6.07 Å². The second-order valence-electron chi connectivity index (χ2n) is 5.34. The maximum Gasteiger partial charge on any atom is 0.332 e. The van der Waals surface area contributed by atoms with Gasteiger partial charge in [0.2, 0.25) is 0 Å². The van der Waals surface area contributed by atoms with Crippen molar-refractivity contribution >= 4 is 11.2 Å². The number of aromatic nitrogens is 4. The first-order valence-corrected chi connectivity index (χ1v) is 6.91. The van der Waals surface area contributed by atoms with Crippen LogP contribution in [0.5, 0.6) is 0 Å². The molecule has 1 aromatic carbocycles.